The van der Waals surface area contributed by atoms with Crippen molar-refractivity contribution >= 4 is 11.8 Å². The van der Waals surface area contributed by atoms with Gasteiger partial charge in [-0.2, -0.15) is 0 Å². The molecule has 0 spiro atoms. The number of piperazine rings is 1. The first-order valence-corrected chi connectivity index (χ1v) is 7.84. The van der Waals surface area contributed by atoms with Crippen LogP contribution >= 0.6 is 0 Å². The average Bonchev–Trinajstić information content (AvgIpc) is 2.46. The molecular formula is C15H27N3O2. The molecule has 5 nitrogen and oxygen atoms in total. The fraction of sp³-hybridized carbons (Fsp3) is 0.867. The lowest BCUT2D eigenvalue weighted by Gasteiger charge is -2.43. The molecule has 114 valence electrons. The highest BCUT2D eigenvalue weighted by Gasteiger charge is 2.36. The molecule has 0 bridgehead atoms. The number of nitrogens with zero attached hydrogens (tertiary/aromatic N) is 2. The van der Waals surface area contributed by atoms with Crippen molar-refractivity contribution in [3.05, 3.63) is 0 Å². The van der Waals surface area contributed by atoms with Crippen LogP contribution in [0.1, 0.15) is 46.0 Å². The highest BCUT2D eigenvalue weighted by Crippen LogP contribution is 2.26. The summed E-state index contributed by atoms with van der Waals surface area (Å²) in [6.45, 7) is 6.05. The van der Waals surface area contributed by atoms with Crippen molar-refractivity contribution in [2.45, 2.75) is 58.0 Å². The Labute approximate surface area is 121 Å². The molecule has 0 aromatic carbocycles. The van der Waals surface area contributed by atoms with Gasteiger partial charge in [0.15, 0.2) is 0 Å². The molecule has 1 aliphatic carbocycles. The maximum atomic E-state index is 12.6. The first-order valence-electron chi connectivity index (χ1n) is 7.84. The molecule has 1 aliphatic heterocycles. The van der Waals surface area contributed by atoms with Crippen LogP contribution in [-0.2, 0) is 9.59 Å². The Kier molecular flexibility index (Phi) is 5.02. The topological polar surface area (TPSA) is 66.6 Å². The Hall–Kier alpha value is -1.10. The minimum Gasteiger partial charge on any atom is -0.368 e. The fourth-order valence-corrected chi connectivity index (χ4v) is 3.48. The van der Waals surface area contributed by atoms with Crippen LogP contribution in [0, 0.1) is 5.92 Å². The first-order chi connectivity index (χ1) is 9.50. The van der Waals surface area contributed by atoms with E-state index in [1.165, 1.54) is 6.42 Å². The van der Waals surface area contributed by atoms with Gasteiger partial charge in [-0.3, -0.25) is 14.5 Å². The van der Waals surface area contributed by atoms with E-state index < -0.39 is 0 Å². The van der Waals surface area contributed by atoms with Gasteiger partial charge in [0, 0.05) is 31.6 Å². The minimum atomic E-state index is -0.337. The monoisotopic (exact) mass is 281 g/mol. The number of carbonyl (C=O) groups is 2. The highest BCUT2D eigenvalue weighted by molar-refractivity contribution is 5.83. The molecule has 2 aliphatic rings. The van der Waals surface area contributed by atoms with E-state index in [9.17, 15) is 9.59 Å². The van der Waals surface area contributed by atoms with Crippen molar-refractivity contribution < 1.29 is 9.59 Å². The van der Waals surface area contributed by atoms with Crippen molar-refractivity contribution in [2.24, 2.45) is 11.7 Å². The number of rotatable bonds is 3. The summed E-state index contributed by atoms with van der Waals surface area (Å²) in [5.74, 6) is 0.0853. The smallest absolute Gasteiger partial charge is 0.236 e. The van der Waals surface area contributed by atoms with E-state index in [-0.39, 0.29) is 29.8 Å². The number of carbonyl (C=O) groups excluding carboxylic acids is 2. The third kappa shape index (κ3) is 3.32. The third-order valence-corrected chi connectivity index (χ3v) is 4.68. The van der Waals surface area contributed by atoms with E-state index in [1.807, 2.05) is 4.90 Å². The van der Waals surface area contributed by atoms with E-state index in [4.69, 9.17) is 5.73 Å². The summed E-state index contributed by atoms with van der Waals surface area (Å²) in [5, 5.41) is 0. The van der Waals surface area contributed by atoms with E-state index in [0.717, 1.165) is 38.8 Å². The predicted octanol–water partition coefficient (Wildman–Crippen LogP) is 0.973. The molecule has 0 aromatic heterocycles. The van der Waals surface area contributed by atoms with Crippen molar-refractivity contribution in [3.63, 3.8) is 0 Å². The molecule has 1 saturated heterocycles. The van der Waals surface area contributed by atoms with Crippen LogP contribution in [0.3, 0.4) is 0 Å². The zero-order valence-corrected chi connectivity index (χ0v) is 12.7. The van der Waals surface area contributed by atoms with E-state index in [2.05, 4.69) is 18.7 Å². The lowest BCUT2D eigenvalue weighted by molar-refractivity contribution is -0.142. The molecule has 0 radical (unpaired) electrons. The van der Waals surface area contributed by atoms with Crippen LogP contribution in [-0.4, -0.2) is 53.3 Å². The van der Waals surface area contributed by atoms with Gasteiger partial charge in [0.1, 0.15) is 6.04 Å². The number of nitrogens with two attached hydrogens (primary N) is 1. The van der Waals surface area contributed by atoms with Crippen LogP contribution in [0.5, 0.6) is 0 Å². The summed E-state index contributed by atoms with van der Waals surface area (Å²) in [5.41, 5.74) is 5.52. The van der Waals surface area contributed by atoms with Gasteiger partial charge in [0.05, 0.1) is 0 Å². The van der Waals surface area contributed by atoms with Gasteiger partial charge in [-0.25, -0.2) is 0 Å². The van der Waals surface area contributed by atoms with Gasteiger partial charge in [-0.1, -0.05) is 19.3 Å². The molecule has 1 atom stereocenters. The van der Waals surface area contributed by atoms with Gasteiger partial charge < -0.3 is 10.6 Å². The molecular weight excluding hydrogens is 254 g/mol. The van der Waals surface area contributed by atoms with E-state index in [1.54, 1.807) is 0 Å². The summed E-state index contributed by atoms with van der Waals surface area (Å²) < 4.78 is 0. The summed E-state index contributed by atoms with van der Waals surface area (Å²) >= 11 is 0. The Morgan fingerprint density at radius 2 is 1.75 bits per heavy atom. The summed E-state index contributed by atoms with van der Waals surface area (Å²) in [6.07, 6.45) is 5.56. The van der Waals surface area contributed by atoms with Crippen LogP contribution in [0.25, 0.3) is 0 Å². The first kappa shape index (κ1) is 15.3. The molecule has 1 unspecified atom stereocenters. The lowest BCUT2D eigenvalue weighted by Crippen LogP contribution is -2.61. The van der Waals surface area contributed by atoms with Crippen LogP contribution in [0.2, 0.25) is 0 Å². The number of hydrogen-bond acceptors (Lipinski definition) is 3. The quantitative estimate of drug-likeness (QED) is 0.838. The summed E-state index contributed by atoms with van der Waals surface area (Å²) in [4.78, 5) is 28.2. The molecule has 2 amide bonds. The van der Waals surface area contributed by atoms with Crippen molar-refractivity contribution in [1.29, 1.82) is 0 Å². The Morgan fingerprint density at radius 1 is 1.10 bits per heavy atom. The molecule has 20 heavy (non-hydrogen) atoms. The van der Waals surface area contributed by atoms with E-state index in [0.29, 0.717) is 6.54 Å². The van der Waals surface area contributed by atoms with Crippen LogP contribution in [0.4, 0.5) is 0 Å². The van der Waals surface area contributed by atoms with Gasteiger partial charge in [0.2, 0.25) is 11.8 Å². The molecule has 2 fully saturated rings. The van der Waals surface area contributed by atoms with Gasteiger partial charge in [-0.05, 0) is 26.7 Å². The molecule has 2 N–H and O–H groups in total. The Morgan fingerprint density at radius 3 is 2.30 bits per heavy atom. The van der Waals surface area contributed by atoms with E-state index >= 15 is 0 Å². The van der Waals surface area contributed by atoms with Crippen LogP contribution in [0.15, 0.2) is 0 Å². The van der Waals surface area contributed by atoms with Crippen molar-refractivity contribution in [1.82, 2.24) is 9.80 Å². The number of amides is 2. The maximum absolute atomic E-state index is 12.6. The second-order valence-electron chi connectivity index (χ2n) is 6.37. The Balaban J connectivity index is 2.00. The predicted molar refractivity (Wildman–Crippen MR) is 78.0 cm³/mol. The molecule has 1 saturated carbocycles. The standard InChI is InChI=1S/C15H27N3O2/c1-11(2)18-9-8-17(10-13(18)14(16)19)15(20)12-6-4-3-5-7-12/h11-13H,3-10H2,1-2H3,(H2,16,19). The van der Waals surface area contributed by atoms with Crippen molar-refractivity contribution in [3.8, 4) is 0 Å². The number of hydrogen-bond donors (Lipinski definition) is 1. The fourth-order valence-electron chi connectivity index (χ4n) is 3.48. The summed E-state index contributed by atoms with van der Waals surface area (Å²) in [6, 6.07) is -0.0595. The van der Waals surface area contributed by atoms with Gasteiger partial charge >= 0.3 is 0 Å². The summed E-state index contributed by atoms with van der Waals surface area (Å²) in [7, 11) is 0. The zero-order valence-electron chi connectivity index (χ0n) is 12.7. The largest absolute Gasteiger partial charge is 0.368 e. The van der Waals surface area contributed by atoms with Crippen molar-refractivity contribution in [2.75, 3.05) is 19.6 Å². The average molecular weight is 281 g/mol. The lowest BCUT2D eigenvalue weighted by atomic mass is 9.88. The normalized spacial score (nSPS) is 25.9. The van der Waals surface area contributed by atoms with Crippen LogP contribution < -0.4 is 5.73 Å². The second-order valence-corrected chi connectivity index (χ2v) is 6.37. The Bertz CT molecular complexity index is 364. The molecule has 2 rings (SSSR count). The third-order valence-electron chi connectivity index (χ3n) is 4.68. The molecule has 5 heteroatoms. The minimum absolute atomic E-state index is 0.169. The number of primary amides is 1. The zero-order chi connectivity index (χ0) is 14.7. The van der Waals surface area contributed by atoms with Gasteiger partial charge in [0.25, 0.3) is 0 Å². The maximum Gasteiger partial charge on any atom is 0.236 e. The second kappa shape index (κ2) is 6.57. The highest BCUT2D eigenvalue weighted by atomic mass is 16.2. The van der Waals surface area contributed by atoms with Gasteiger partial charge in [-0.15, -0.1) is 0 Å². The molecule has 1 heterocycles. The SMILES string of the molecule is CC(C)N1CCN(C(=O)C2CCCCC2)CC1C(N)=O. The molecule has 0 aromatic rings.